The van der Waals surface area contributed by atoms with Crippen molar-refractivity contribution in [2.24, 2.45) is 0 Å². The molecule has 0 amide bonds. The van der Waals surface area contributed by atoms with Gasteiger partial charge in [-0.2, -0.15) is 0 Å². The molecule has 2 saturated heterocycles. The Morgan fingerprint density at radius 1 is 1.20 bits per heavy atom. The molecule has 2 atom stereocenters. The molecule has 3 nitrogen and oxygen atoms in total. The molecule has 110 valence electrons. The lowest BCUT2D eigenvalue weighted by Gasteiger charge is -2.39. The van der Waals surface area contributed by atoms with Crippen LogP contribution in [0.5, 0.6) is 5.75 Å². The standard InChI is InChI=1S/C17H26N2O/c1-20-17-10-3-2-7-14(17)13-19-12-5-4-9-16(19)15-8-6-11-18-15/h2-3,7,10,15-16,18H,4-6,8-9,11-13H2,1H3. The Labute approximate surface area is 122 Å². The molecular formula is C17H26N2O. The highest BCUT2D eigenvalue weighted by Gasteiger charge is 2.31. The second kappa shape index (κ2) is 6.59. The summed E-state index contributed by atoms with van der Waals surface area (Å²) in [5.74, 6) is 1.02. The molecule has 0 aliphatic carbocycles. The summed E-state index contributed by atoms with van der Waals surface area (Å²) in [6, 6.07) is 9.84. The number of methoxy groups -OCH3 is 1. The van der Waals surface area contributed by atoms with E-state index < -0.39 is 0 Å². The number of hydrogen-bond donors (Lipinski definition) is 1. The van der Waals surface area contributed by atoms with Gasteiger partial charge in [-0.1, -0.05) is 24.6 Å². The molecule has 2 aliphatic heterocycles. The third-order valence-corrected chi connectivity index (χ3v) is 4.79. The fraction of sp³-hybridized carbons (Fsp3) is 0.647. The molecule has 2 aliphatic rings. The van der Waals surface area contributed by atoms with E-state index in [1.165, 1.54) is 50.8 Å². The van der Waals surface area contributed by atoms with E-state index in [0.717, 1.165) is 12.3 Å². The van der Waals surface area contributed by atoms with E-state index in [0.29, 0.717) is 12.1 Å². The number of nitrogens with zero attached hydrogens (tertiary/aromatic N) is 1. The minimum atomic E-state index is 0.699. The predicted molar refractivity (Wildman–Crippen MR) is 82.1 cm³/mol. The Morgan fingerprint density at radius 2 is 2.10 bits per heavy atom. The SMILES string of the molecule is COc1ccccc1CN1CCCCC1C1CCCN1. The summed E-state index contributed by atoms with van der Waals surface area (Å²) in [6.45, 7) is 3.44. The van der Waals surface area contributed by atoms with Gasteiger partial charge in [-0.25, -0.2) is 0 Å². The van der Waals surface area contributed by atoms with E-state index in [1.807, 2.05) is 0 Å². The van der Waals surface area contributed by atoms with Crippen LogP contribution in [0, 0.1) is 0 Å². The summed E-state index contributed by atoms with van der Waals surface area (Å²) >= 11 is 0. The first-order valence-electron chi connectivity index (χ1n) is 7.98. The molecule has 2 fully saturated rings. The molecule has 20 heavy (non-hydrogen) atoms. The summed E-state index contributed by atoms with van der Waals surface area (Å²) in [5.41, 5.74) is 1.32. The number of benzene rings is 1. The fourth-order valence-electron chi connectivity index (χ4n) is 3.76. The average Bonchev–Trinajstić information content (AvgIpc) is 3.02. The first kappa shape index (κ1) is 13.9. The van der Waals surface area contributed by atoms with Crippen molar-refractivity contribution in [1.29, 1.82) is 0 Å². The predicted octanol–water partition coefficient (Wildman–Crippen LogP) is 2.80. The molecule has 0 radical (unpaired) electrons. The molecule has 0 aromatic heterocycles. The first-order valence-corrected chi connectivity index (χ1v) is 7.98. The van der Waals surface area contributed by atoms with Crippen molar-refractivity contribution in [2.75, 3.05) is 20.2 Å². The molecule has 1 aromatic carbocycles. The quantitative estimate of drug-likeness (QED) is 0.913. The third kappa shape index (κ3) is 2.99. The average molecular weight is 274 g/mol. The molecule has 1 aromatic rings. The van der Waals surface area contributed by atoms with Gasteiger partial charge in [0.1, 0.15) is 5.75 Å². The summed E-state index contributed by atoms with van der Waals surface area (Å²) in [5, 5.41) is 3.70. The number of piperidine rings is 1. The number of hydrogen-bond acceptors (Lipinski definition) is 3. The molecule has 3 heteroatoms. The van der Waals surface area contributed by atoms with Crippen LogP contribution in [-0.2, 0) is 6.54 Å². The second-order valence-electron chi connectivity index (χ2n) is 6.05. The van der Waals surface area contributed by atoms with Crippen LogP contribution in [0.2, 0.25) is 0 Å². The monoisotopic (exact) mass is 274 g/mol. The lowest BCUT2D eigenvalue weighted by Crippen LogP contribution is -2.49. The van der Waals surface area contributed by atoms with E-state index in [9.17, 15) is 0 Å². The number of ether oxygens (including phenoxy) is 1. The van der Waals surface area contributed by atoms with Crippen molar-refractivity contribution in [3.8, 4) is 5.75 Å². The molecule has 2 unspecified atom stereocenters. The van der Waals surface area contributed by atoms with Crippen LogP contribution in [-0.4, -0.2) is 37.2 Å². The molecule has 1 N–H and O–H groups in total. The molecule has 0 spiro atoms. The van der Waals surface area contributed by atoms with Crippen molar-refractivity contribution in [3.05, 3.63) is 29.8 Å². The zero-order valence-electron chi connectivity index (χ0n) is 12.5. The van der Waals surface area contributed by atoms with E-state index in [2.05, 4.69) is 34.5 Å². The maximum Gasteiger partial charge on any atom is 0.123 e. The third-order valence-electron chi connectivity index (χ3n) is 4.79. The zero-order valence-corrected chi connectivity index (χ0v) is 12.5. The maximum absolute atomic E-state index is 5.51. The largest absolute Gasteiger partial charge is 0.496 e. The van der Waals surface area contributed by atoms with Crippen molar-refractivity contribution in [1.82, 2.24) is 10.2 Å². The van der Waals surface area contributed by atoms with Crippen molar-refractivity contribution in [3.63, 3.8) is 0 Å². The van der Waals surface area contributed by atoms with E-state index in [-0.39, 0.29) is 0 Å². The normalized spacial score (nSPS) is 27.6. The number of likely N-dealkylation sites (tertiary alicyclic amines) is 1. The van der Waals surface area contributed by atoms with E-state index >= 15 is 0 Å². The van der Waals surface area contributed by atoms with Gasteiger partial charge in [0, 0.05) is 24.2 Å². The van der Waals surface area contributed by atoms with Gasteiger partial charge in [-0.05, 0) is 44.8 Å². The Hall–Kier alpha value is -1.06. The molecule has 2 heterocycles. The number of para-hydroxylation sites is 1. The van der Waals surface area contributed by atoms with Gasteiger partial charge in [-0.3, -0.25) is 4.90 Å². The van der Waals surface area contributed by atoms with Gasteiger partial charge in [0.15, 0.2) is 0 Å². The molecule has 0 saturated carbocycles. The van der Waals surface area contributed by atoms with Crippen LogP contribution in [0.25, 0.3) is 0 Å². The van der Waals surface area contributed by atoms with Crippen molar-refractivity contribution >= 4 is 0 Å². The number of rotatable bonds is 4. The molecule has 3 rings (SSSR count). The van der Waals surface area contributed by atoms with Crippen LogP contribution in [0.4, 0.5) is 0 Å². The Balaban J connectivity index is 1.73. The summed E-state index contributed by atoms with van der Waals surface area (Å²) in [7, 11) is 1.77. The van der Waals surface area contributed by atoms with Crippen LogP contribution >= 0.6 is 0 Å². The lowest BCUT2D eigenvalue weighted by atomic mass is 9.94. The Bertz CT molecular complexity index is 429. The Kier molecular flexibility index (Phi) is 4.58. The summed E-state index contributed by atoms with van der Waals surface area (Å²) in [4.78, 5) is 2.67. The second-order valence-corrected chi connectivity index (χ2v) is 6.05. The van der Waals surface area contributed by atoms with Crippen LogP contribution < -0.4 is 10.1 Å². The van der Waals surface area contributed by atoms with E-state index in [4.69, 9.17) is 4.74 Å². The highest BCUT2D eigenvalue weighted by molar-refractivity contribution is 5.33. The first-order chi connectivity index (χ1) is 9.88. The summed E-state index contributed by atoms with van der Waals surface area (Å²) in [6.07, 6.45) is 6.73. The highest BCUT2D eigenvalue weighted by atomic mass is 16.5. The smallest absolute Gasteiger partial charge is 0.123 e. The van der Waals surface area contributed by atoms with Gasteiger partial charge in [-0.15, -0.1) is 0 Å². The van der Waals surface area contributed by atoms with Crippen LogP contribution in [0.3, 0.4) is 0 Å². The van der Waals surface area contributed by atoms with Gasteiger partial charge < -0.3 is 10.1 Å². The summed E-state index contributed by atoms with van der Waals surface area (Å²) < 4.78 is 5.51. The van der Waals surface area contributed by atoms with Gasteiger partial charge >= 0.3 is 0 Å². The minimum Gasteiger partial charge on any atom is -0.496 e. The molecule has 0 bridgehead atoms. The Morgan fingerprint density at radius 3 is 2.90 bits per heavy atom. The topological polar surface area (TPSA) is 24.5 Å². The fourth-order valence-corrected chi connectivity index (χ4v) is 3.76. The maximum atomic E-state index is 5.51. The number of nitrogens with one attached hydrogen (secondary N) is 1. The van der Waals surface area contributed by atoms with Gasteiger partial charge in [0.2, 0.25) is 0 Å². The minimum absolute atomic E-state index is 0.699. The van der Waals surface area contributed by atoms with Crippen LogP contribution in [0.15, 0.2) is 24.3 Å². The highest BCUT2D eigenvalue weighted by Crippen LogP contribution is 2.28. The van der Waals surface area contributed by atoms with E-state index in [1.54, 1.807) is 7.11 Å². The van der Waals surface area contributed by atoms with Crippen molar-refractivity contribution in [2.45, 2.75) is 50.7 Å². The molecular weight excluding hydrogens is 248 g/mol. The zero-order chi connectivity index (χ0) is 13.8. The van der Waals surface area contributed by atoms with Crippen LogP contribution in [0.1, 0.15) is 37.7 Å². The van der Waals surface area contributed by atoms with Crippen molar-refractivity contribution < 1.29 is 4.74 Å². The van der Waals surface area contributed by atoms with Gasteiger partial charge in [0.25, 0.3) is 0 Å². The lowest BCUT2D eigenvalue weighted by molar-refractivity contribution is 0.111. The van der Waals surface area contributed by atoms with Gasteiger partial charge in [0.05, 0.1) is 7.11 Å².